The van der Waals surface area contributed by atoms with E-state index in [1.807, 2.05) is 6.92 Å². The van der Waals surface area contributed by atoms with Gasteiger partial charge in [-0.1, -0.05) is 26.0 Å². The Morgan fingerprint density at radius 2 is 1.62 bits per heavy atom. The van der Waals surface area contributed by atoms with E-state index < -0.39 is 5.41 Å². The van der Waals surface area contributed by atoms with Crippen molar-refractivity contribution in [2.75, 3.05) is 13.2 Å². The minimum atomic E-state index is -0.625. The molecule has 3 fully saturated rings. The lowest BCUT2D eigenvalue weighted by Gasteiger charge is -2.65. The van der Waals surface area contributed by atoms with Crippen molar-refractivity contribution in [2.45, 2.75) is 73.1 Å². The fourth-order valence-corrected chi connectivity index (χ4v) is 7.20. The van der Waals surface area contributed by atoms with E-state index in [2.05, 4.69) is 20.4 Å². The maximum atomic E-state index is 13.0. The molecule has 0 aromatic carbocycles. The van der Waals surface area contributed by atoms with E-state index in [1.54, 1.807) is 0 Å². The van der Waals surface area contributed by atoms with Gasteiger partial charge in [-0.3, -0.25) is 14.4 Å². The largest absolute Gasteiger partial charge is 0.465 e. The summed E-state index contributed by atoms with van der Waals surface area (Å²) in [7, 11) is 0. The Morgan fingerprint density at radius 1 is 0.966 bits per heavy atom. The molecule has 3 aliphatic rings. The summed E-state index contributed by atoms with van der Waals surface area (Å²) in [5, 5.41) is 0. The lowest BCUT2D eigenvalue weighted by atomic mass is 9.39. The number of fused-ring (bicyclic) bond motifs is 3. The van der Waals surface area contributed by atoms with Crippen LogP contribution in [-0.2, 0) is 23.9 Å². The van der Waals surface area contributed by atoms with Crippen LogP contribution >= 0.6 is 0 Å². The highest BCUT2D eigenvalue weighted by Crippen LogP contribution is 2.68. The molecule has 0 N–H and O–H groups in total. The second-order valence-electron chi connectivity index (χ2n) is 10.3. The van der Waals surface area contributed by atoms with E-state index in [0.717, 1.165) is 32.1 Å². The topological polar surface area (TPSA) is 69.7 Å². The first kappa shape index (κ1) is 22.0. The molecular formula is C24H36O5. The van der Waals surface area contributed by atoms with Crippen LogP contribution in [0, 0.1) is 34.0 Å². The number of Topliss-reactive ketones (excluding diaryl/α,β-unsaturated/α-hetero) is 1. The minimum absolute atomic E-state index is 0.00123. The predicted molar refractivity (Wildman–Crippen MR) is 110 cm³/mol. The van der Waals surface area contributed by atoms with Crippen LogP contribution in [-0.4, -0.2) is 30.9 Å². The molecule has 0 radical (unpaired) electrons. The standard InChI is InChI=1S/C24H36O5/c1-15-7-8-19-22(4,18(15)13-28-16(2)25)11-9-20-23(19,5)12-10-21(27)24(20,6)14-29-17(3)26/h18-20H,1,7-14H2,2-6H3/t18-,19+,20-,22+,23-,24+/m1/s1. The molecule has 5 heteroatoms. The monoisotopic (exact) mass is 404 g/mol. The molecule has 0 aromatic rings. The highest BCUT2D eigenvalue weighted by molar-refractivity contribution is 5.86. The molecule has 3 rings (SSSR count). The minimum Gasteiger partial charge on any atom is -0.465 e. The van der Waals surface area contributed by atoms with Crippen LogP contribution < -0.4 is 0 Å². The third-order valence-corrected chi connectivity index (χ3v) is 8.73. The van der Waals surface area contributed by atoms with E-state index in [0.29, 0.717) is 18.9 Å². The molecule has 0 spiro atoms. The maximum absolute atomic E-state index is 13.0. The molecule has 0 aliphatic heterocycles. The van der Waals surface area contributed by atoms with Crippen molar-refractivity contribution >= 4 is 17.7 Å². The Labute approximate surface area is 174 Å². The van der Waals surface area contributed by atoms with Crippen molar-refractivity contribution < 1.29 is 23.9 Å². The number of ether oxygens (including phenoxy) is 2. The molecular weight excluding hydrogens is 368 g/mol. The second kappa shape index (κ2) is 7.55. The zero-order valence-electron chi connectivity index (χ0n) is 18.6. The fourth-order valence-electron chi connectivity index (χ4n) is 7.20. The molecule has 29 heavy (non-hydrogen) atoms. The summed E-state index contributed by atoms with van der Waals surface area (Å²) in [4.78, 5) is 35.9. The first-order chi connectivity index (χ1) is 13.4. The van der Waals surface area contributed by atoms with Gasteiger partial charge in [0.1, 0.15) is 12.4 Å². The van der Waals surface area contributed by atoms with Gasteiger partial charge in [0.25, 0.3) is 0 Å². The predicted octanol–water partition coefficient (Wildman–Crippen LogP) is 4.49. The van der Waals surface area contributed by atoms with Gasteiger partial charge in [0.2, 0.25) is 0 Å². The van der Waals surface area contributed by atoms with Gasteiger partial charge in [-0.15, -0.1) is 0 Å². The van der Waals surface area contributed by atoms with Gasteiger partial charge in [0.05, 0.1) is 12.0 Å². The number of carbonyl (C=O) groups excluding carboxylic acids is 3. The summed E-state index contributed by atoms with van der Waals surface area (Å²) in [6, 6.07) is 0. The SMILES string of the molecule is C=C1CC[C@H]2[C@@](C)(CC[C@@H]3[C@]2(C)CCC(=O)[C@@]3(C)COC(C)=O)[C@@H]1COC(C)=O. The Kier molecular flexibility index (Phi) is 5.74. The number of hydrogen-bond donors (Lipinski definition) is 0. The van der Waals surface area contributed by atoms with Gasteiger partial charge >= 0.3 is 11.9 Å². The second-order valence-corrected chi connectivity index (χ2v) is 10.3. The van der Waals surface area contributed by atoms with Crippen molar-refractivity contribution in [3.05, 3.63) is 12.2 Å². The average Bonchev–Trinajstić information content (AvgIpc) is 2.62. The van der Waals surface area contributed by atoms with Crippen molar-refractivity contribution in [1.29, 1.82) is 0 Å². The zero-order valence-corrected chi connectivity index (χ0v) is 18.6. The van der Waals surface area contributed by atoms with Gasteiger partial charge in [-0.2, -0.15) is 0 Å². The fraction of sp³-hybridized carbons (Fsp3) is 0.792. The van der Waals surface area contributed by atoms with E-state index in [1.165, 1.54) is 19.4 Å². The molecule has 0 bridgehead atoms. The van der Waals surface area contributed by atoms with Crippen molar-refractivity contribution in [3.63, 3.8) is 0 Å². The first-order valence-corrected chi connectivity index (χ1v) is 10.9. The van der Waals surface area contributed by atoms with Crippen LogP contribution in [0.25, 0.3) is 0 Å². The number of carbonyl (C=O) groups is 3. The highest BCUT2D eigenvalue weighted by atomic mass is 16.5. The summed E-state index contributed by atoms with van der Waals surface area (Å²) < 4.78 is 10.8. The number of hydrogen-bond acceptors (Lipinski definition) is 5. The van der Waals surface area contributed by atoms with Gasteiger partial charge in [-0.05, 0) is 61.7 Å². The Morgan fingerprint density at radius 3 is 2.24 bits per heavy atom. The van der Waals surface area contributed by atoms with Crippen LogP contribution in [0.1, 0.15) is 73.1 Å². The number of rotatable bonds is 4. The van der Waals surface area contributed by atoms with Gasteiger partial charge in [0, 0.05) is 26.2 Å². The molecule has 3 aliphatic carbocycles. The molecule has 5 nitrogen and oxygen atoms in total. The van der Waals surface area contributed by atoms with Crippen LogP contribution in [0.2, 0.25) is 0 Å². The lowest BCUT2D eigenvalue weighted by molar-refractivity contribution is -0.186. The molecule has 0 unspecified atom stereocenters. The quantitative estimate of drug-likeness (QED) is 0.510. The maximum Gasteiger partial charge on any atom is 0.302 e. The summed E-state index contributed by atoms with van der Waals surface area (Å²) in [5.74, 6) is 0.406. The summed E-state index contributed by atoms with van der Waals surface area (Å²) >= 11 is 0. The van der Waals surface area contributed by atoms with E-state index in [-0.39, 0.29) is 47.0 Å². The third kappa shape index (κ3) is 3.55. The van der Waals surface area contributed by atoms with Crippen LogP contribution in [0.15, 0.2) is 12.2 Å². The van der Waals surface area contributed by atoms with E-state index in [9.17, 15) is 14.4 Å². The van der Waals surface area contributed by atoms with Gasteiger partial charge < -0.3 is 9.47 Å². The first-order valence-electron chi connectivity index (χ1n) is 10.9. The summed E-state index contributed by atoms with van der Waals surface area (Å²) in [6.07, 6.45) is 5.27. The highest BCUT2D eigenvalue weighted by Gasteiger charge is 2.64. The zero-order chi connectivity index (χ0) is 21.6. The van der Waals surface area contributed by atoms with E-state index in [4.69, 9.17) is 9.47 Å². The molecule has 6 atom stereocenters. The summed E-state index contributed by atoms with van der Waals surface area (Å²) in [6.45, 7) is 14.4. The van der Waals surface area contributed by atoms with Crippen LogP contribution in [0.3, 0.4) is 0 Å². The van der Waals surface area contributed by atoms with E-state index >= 15 is 0 Å². The summed E-state index contributed by atoms with van der Waals surface area (Å²) in [5.41, 5.74) is 0.547. The Balaban J connectivity index is 1.94. The van der Waals surface area contributed by atoms with Crippen molar-refractivity contribution in [1.82, 2.24) is 0 Å². The lowest BCUT2D eigenvalue weighted by Crippen LogP contribution is -2.62. The van der Waals surface area contributed by atoms with Crippen LogP contribution in [0.5, 0.6) is 0 Å². The van der Waals surface area contributed by atoms with Gasteiger partial charge in [0.15, 0.2) is 0 Å². The Bertz CT molecular complexity index is 727. The van der Waals surface area contributed by atoms with Crippen LogP contribution in [0.4, 0.5) is 0 Å². The van der Waals surface area contributed by atoms with Gasteiger partial charge in [-0.25, -0.2) is 0 Å². The molecule has 0 aromatic heterocycles. The molecule has 0 saturated heterocycles. The number of ketones is 1. The van der Waals surface area contributed by atoms with Crippen molar-refractivity contribution in [3.8, 4) is 0 Å². The smallest absolute Gasteiger partial charge is 0.302 e. The molecule has 162 valence electrons. The number of esters is 2. The molecule has 3 saturated carbocycles. The van der Waals surface area contributed by atoms with Crippen molar-refractivity contribution in [2.24, 2.45) is 34.0 Å². The Hall–Kier alpha value is -1.65. The average molecular weight is 405 g/mol. The third-order valence-electron chi connectivity index (χ3n) is 8.73. The molecule has 0 amide bonds. The normalized spacial score (nSPS) is 41.9. The molecule has 0 heterocycles.